The molecule has 2 unspecified atom stereocenters. The molecule has 1 aliphatic rings. The molecule has 2 aromatic carbocycles. The molecule has 2 aromatic rings. The number of ketones is 1. The molecular weight excluding hydrogens is 448 g/mol. The van der Waals surface area contributed by atoms with E-state index >= 15 is 0 Å². The van der Waals surface area contributed by atoms with E-state index in [1.807, 2.05) is 24.3 Å². The van der Waals surface area contributed by atoms with Crippen LogP contribution >= 0.6 is 0 Å². The zero-order valence-corrected chi connectivity index (χ0v) is 18.7. The van der Waals surface area contributed by atoms with Crippen LogP contribution in [0.25, 0.3) is 0 Å². The fraction of sp³-hybridized carbons (Fsp3) is 0.348. The van der Waals surface area contributed by atoms with Gasteiger partial charge in [0.25, 0.3) is 0 Å². The van der Waals surface area contributed by atoms with Crippen molar-refractivity contribution in [3.63, 3.8) is 0 Å². The number of fused-ring (bicyclic) bond motifs is 1. The van der Waals surface area contributed by atoms with Gasteiger partial charge >= 0.3 is 12.1 Å². The van der Waals surface area contributed by atoms with Crippen molar-refractivity contribution >= 4 is 27.9 Å². The van der Waals surface area contributed by atoms with Gasteiger partial charge in [0, 0.05) is 0 Å². The van der Waals surface area contributed by atoms with Gasteiger partial charge in [0.2, 0.25) is 10.0 Å². The number of hydrogen-bond donors (Lipinski definition) is 3. The lowest BCUT2D eigenvalue weighted by molar-refractivity contribution is -0.139. The first-order chi connectivity index (χ1) is 15.7. The number of nitrogens with one attached hydrogen (secondary N) is 2. The van der Waals surface area contributed by atoms with Gasteiger partial charge in [-0.3, -0.25) is 9.59 Å². The largest absolute Gasteiger partial charge is 0.481 e. The number of Topliss-reactive ketones (excluding diaryl/α,β-unsaturated/α-hetero) is 1. The second-order valence-electron chi connectivity index (χ2n) is 7.86. The summed E-state index contributed by atoms with van der Waals surface area (Å²) in [6.07, 6.45) is -0.170. The predicted octanol–water partition coefficient (Wildman–Crippen LogP) is 1.97. The first-order valence-corrected chi connectivity index (χ1v) is 12.2. The van der Waals surface area contributed by atoms with Crippen molar-refractivity contribution in [3.8, 4) is 0 Å². The number of alkyl carbamates (subject to hydrolysis) is 1. The van der Waals surface area contributed by atoms with E-state index in [1.165, 1.54) is 0 Å². The summed E-state index contributed by atoms with van der Waals surface area (Å²) < 4.78 is 32.3. The smallest absolute Gasteiger partial charge is 0.408 e. The second-order valence-corrected chi connectivity index (χ2v) is 9.71. The number of hydrogen-bond acceptors (Lipinski definition) is 6. The zero-order valence-electron chi connectivity index (χ0n) is 17.9. The normalized spacial score (nSPS) is 15.9. The Bertz CT molecular complexity index is 1100. The summed E-state index contributed by atoms with van der Waals surface area (Å²) >= 11 is 0. The van der Waals surface area contributed by atoms with Crippen molar-refractivity contribution < 1.29 is 32.6 Å². The molecule has 3 N–H and O–H groups in total. The van der Waals surface area contributed by atoms with Crippen molar-refractivity contribution in [2.24, 2.45) is 0 Å². The summed E-state index contributed by atoms with van der Waals surface area (Å²) in [5, 5.41) is 11.3. The standard InChI is InChI=1S/C23H26N2O7S/c26-21(13-24-33(30,31)15-18-11-10-17-8-4-5-9-19(17)18)20(12-22(27)28)25-23(29)32-14-16-6-2-1-3-7-16/h1-9,18,20,24H,10-15H2,(H,25,29)(H,27,28). The Labute approximate surface area is 192 Å². The van der Waals surface area contributed by atoms with E-state index in [-0.39, 0.29) is 18.3 Å². The SMILES string of the molecule is O=C(O)CC(NC(=O)OCc1ccccc1)C(=O)CNS(=O)(=O)CC1CCc2ccccc21. The highest BCUT2D eigenvalue weighted by Crippen LogP contribution is 2.33. The maximum Gasteiger partial charge on any atom is 0.408 e. The van der Waals surface area contributed by atoms with E-state index in [1.54, 1.807) is 30.3 Å². The number of carbonyl (C=O) groups is 3. The highest BCUT2D eigenvalue weighted by molar-refractivity contribution is 7.89. The molecule has 2 atom stereocenters. The van der Waals surface area contributed by atoms with Gasteiger partial charge in [0.15, 0.2) is 5.78 Å². The molecule has 33 heavy (non-hydrogen) atoms. The molecule has 1 amide bonds. The molecule has 0 spiro atoms. The van der Waals surface area contributed by atoms with Crippen LogP contribution in [0.2, 0.25) is 0 Å². The lowest BCUT2D eigenvalue weighted by Crippen LogP contribution is -2.47. The van der Waals surface area contributed by atoms with Gasteiger partial charge in [-0.25, -0.2) is 17.9 Å². The summed E-state index contributed by atoms with van der Waals surface area (Å²) in [7, 11) is -3.80. The van der Waals surface area contributed by atoms with E-state index in [0.717, 1.165) is 23.1 Å². The Balaban J connectivity index is 1.53. The van der Waals surface area contributed by atoms with Crippen molar-refractivity contribution in [3.05, 3.63) is 71.3 Å². The third kappa shape index (κ3) is 7.40. The van der Waals surface area contributed by atoms with Crippen LogP contribution in [-0.4, -0.2) is 49.7 Å². The lowest BCUT2D eigenvalue weighted by Gasteiger charge is -2.17. The molecule has 0 aliphatic heterocycles. The Kier molecular flexibility index (Phi) is 8.18. The fourth-order valence-corrected chi connectivity index (χ4v) is 5.13. The van der Waals surface area contributed by atoms with Gasteiger partial charge < -0.3 is 15.2 Å². The molecule has 3 rings (SSSR count). The summed E-state index contributed by atoms with van der Waals surface area (Å²) in [5.41, 5.74) is 2.82. The summed E-state index contributed by atoms with van der Waals surface area (Å²) in [5.74, 6) is -2.44. The molecule has 0 saturated heterocycles. The molecule has 0 radical (unpaired) electrons. The molecule has 176 valence electrons. The number of carbonyl (C=O) groups excluding carboxylic acids is 2. The quantitative estimate of drug-likeness (QED) is 0.452. The van der Waals surface area contributed by atoms with Crippen LogP contribution in [0.5, 0.6) is 0 Å². The molecule has 0 heterocycles. The van der Waals surface area contributed by atoms with Crippen LogP contribution in [0.3, 0.4) is 0 Å². The number of rotatable bonds is 11. The Hall–Kier alpha value is -3.24. The van der Waals surface area contributed by atoms with Crippen LogP contribution in [0.4, 0.5) is 4.79 Å². The van der Waals surface area contributed by atoms with E-state index in [0.29, 0.717) is 6.42 Å². The minimum Gasteiger partial charge on any atom is -0.481 e. The van der Waals surface area contributed by atoms with Crippen LogP contribution in [0.15, 0.2) is 54.6 Å². The molecule has 1 aliphatic carbocycles. The van der Waals surface area contributed by atoms with Crippen molar-refractivity contribution in [1.29, 1.82) is 0 Å². The van der Waals surface area contributed by atoms with Gasteiger partial charge in [0.1, 0.15) is 12.6 Å². The molecule has 0 aromatic heterocycles. The van der Waals surface area contributed by atoms with Crippen LogP contribution < -0.4 is 10.0 Å². The first-order valence-electron chi connectivity index (χ1n) is 10.5. The first kappa shape index (κ1) is 24.4. The zero-order chi connectivity index (χ0) is 23.8. The third-order valence-corrected chi connectivity index (χ3v) is 6.84. The van der Waals surface area contributed by atoms with Gasteiger partial charge in [-0.1, -0.05) is 54.6 Å². The minimum atomic E-state index is -3.80. The number of ether oxygens (including phenoxy) is 1. The molecule has 9 nitrogen and oxygen atoms in total. The van der Waals surface area contributed by atoms with E-state index in [4.69, 9.17) is 9.84 Å². The Morgan fingerprint density at radius 1 is 1.06 bits per heavy atom. The fourth-order valence-electron chi connectivity index (χ4n) is 3.77. The number of carboxylic acid groups (broad SMARTS) is 1. The van der Waals surface area contributed by atoms with E-state index < -0.39 is 46.9 Å². The van der Waals surface area contributed by atoms with Crippen molar-refractivity contribution in [1.82, 2.24) is 10.0 Å². The maximum atomic E-state index is 12.5. The number of benzene rings is 2. The number of amides is 1. The molecule has 0 fully saturated rings. The average molecular weight is 475 g/mol. The monoisotopic (exact) mass is 474 g/mol. The van der Waals surface area contributed by atoms with E-state index in [9.17, 15) is 22.8 Å². The maximum absolute atomic E-state index is 12.5. The molecular formula is C23H26N2O7S. The van der Waals surface area contributed by atoms with Gasteiger partial charge in [-0.15, -0.1) is 0 Å². The number of sulfonamides is 1. The lowest BCUT2D eigenvalue weighted by atomic mass is 10.0. The third-order valence-electron chi connectivity index (χ3n) is 5.42. The minimum absolute atomic E-state index is 0.0594. The van der Waals surface area contributed by atoms with Gasteiger partial charge in [-0.2, -0.15) is 0 Å². The predicted molar refractivity (Wildman–Crippen MR) is 120 cm³/mol. The van der Waals surface area contributed by atoms with Crippen molar-refractivity contribution in [2.45, 2.75) is 37.8 Å². The highest BCUT2D eigenvalue weighted by Gasteiger charge is 2.29. The number of aliphatic carboxylic acids is 1. The molecule has 0 saturated carbocycles. The van der Waals surface area contributed by atoms with Gasteiger partial charge in [-0.05, 0) is 35.4 Å². The second kappa shape index (κ2) is 11.1. The topological polar surface area (TPSA) is 139 Å². The van der Waals surface area contributed by atoms with Crippen LogP contribution in [0, 0.1) is 0 Å². The summed E-state index contributed by atoms with van der Waals surface area (Å²) in [6.45, 7) is -0.691. The van der Waals surface area contributed by atoms with E-state index in [2.05, 4.69) is 10.0 Å². The average Bonchev–Trinajstić information content (AvgIpc) is 3.18. The Morgan fingerprint density at radius 2 is 1.76 bits per heavy atom. The van der Waals surface area contributed by atoms with Crippen LogP contribution in [0.1, 0.15) is 35.4 Å². The molecule has 0 bridgehead atoms. The highest BCUT2D eigenvalue weighted by atomic mass is 32.2. The van der Waals surface area contributed by atoms with Crippen molar-refractivity contribution in [2.75, 3.05) is 12.3 Å². The molecule has 10 heteroatoms. The van der Waals surface area contributed by atoms with Crippen LogP contribution in [-0.2, 0) is 37.4 Å². The van der Waals surface area contributed by atoms with Gasteiger partial charge in [0.05, 0.1) is 18.7 Å². The Morgan fingerprint density at radius 3 is 2.48 bits per heavy atom. The summed E-state index contributed by atoms with van der Waals surface area (Å²) in [4.78, 5) is 35.7. The number of aryl methyl sites for hydroxylation is 1. The number of carboxylic acids is 1. The summed E-state index contributed by atoms with van der Waals surface area (Å²) in [6, 6.07) is 15.0.